The van der Waals surface area contributed by atoms with Crippen LogP contribution < -0.4 is 0 Å². The molecule has 0 saturated heterocycles. The lowest BCUT2D eigenvalue weighted by atomic mass is 9.95. The summed E-state index contributed by atoms with van der Waals surface area (Å²) >= 11 is 1.07. The molecular weight excluding hydrogens is 302 g/mol. The van der Waals surface area contributed by atoms with Gasteiger partial charge in [0.2, 0.25) is 5.91 Å². The van der Waals surface area contributed by atoms with Crippen molar-refractivity contribution in [1.82, 2.24) is 4.90 Å². The van der Waals surface area contributed by atoms with Gasteiger partial charge in [0, 0.05) is 24.8 Å². The summed E-state index contributed by atoms with van der Waals surface area (Å²) in [6, 6.07) is 6.08. The fraction of sp³-hybridized carbons (Fsp3) is 0.312. The minimum Gasteiger partial charge on any atom is -0.479 e. The molecule has 0 aromatic heterocycles. The first-order chi connectivity index (χ1) is 10.4. The van der Waals surface area contributed by atoms with Crippen molar-refractivity contribution in [2.45, 2.75) is 19.9 Å². The Hall–Kier alpha value is -2.08. The zero-order valence-corrected chi connectivity index (χ0v) is 13.2. The van der Waals surface area contributed by atoms with Crippen LogP contribution in [0.2, 0.25) is 0 Å². The predicted octanol–water partition coefficient (Wildman–Crippen LogP) is 2.54. The molecule has 2 atom stereocenters. The maximum absolute atomic E-state index is 12.5. The van der Waals surface area contributed by atoms with Crippen molar-refractivity contribution in [1.29, 1.82) is 0 Å². The van der Waals surface area contributed by atoms with E-state index in [1.165, 1.54) is 18.0 Å². The monoisotopic (exact) mass is 319 g/mol. The number of fused-ring (bicyclic) bond motifs is 1. The lowest BCUT2D eigenvalue weighted by Crippen LogP contribution is -2.40. The highest BCUT2D eigenvalue weighted by molar-refractivity contribution is 8.13. The number of carbonyl (C=O) groups excluding carboxylic acids is 2. The van der Waals surface area contributed by atoms with Crippen LogP contribution in [-0.4, -0.2) is 32.8 Å². The molecule has 22 heavy (non-hydrogen) atoms. The van der Waals surface area contributed by atoms with Gasteiger partial charge in [0.15, 0.2) is 11.2 Å². The average Bonchev–Trinajstić information content (AvgIpc) is 2.50. The zero-order chi connectivity index (χ0) is 16.3. The first kappa shape index (κ1) is 16.3. The number of nitrogens with zero attached hydrogens (tertiary/aromatic N) is 1. The van der Waals surface area contributed by atoms with E-state index in [1.54, 1.807) is 25.1 Å². The summed E-state index contributed by atoms with van der Waals surface area (Å²) in [5.74, 6) is -1.47. The summed E-state index contributed by atoms with van der Waals surface area (Å²) in [6.45, 7) is 3.14. The molecule has 1 aromatic carbocycles. The van der Waals surface area contributed by atoms with Crippen LogP contribution >= 0.6 is 11.8 Å². The molecule has 2 rings (SSSR count). The molecule has 0 spiro atoms. The lowest BCUT2D eigenvalue weighted by molar-refractivity contribution is -0.149. The minimum atomic E-state index is -1.07. The maximum atomic E-state index is 12.5. The van der Waals surface area contributed by atoms with Gasteiger partial charge < -0.3 is 10.0 Å². The van der Waals surface area contributed by atoms with Crippen molar-refractivity contribution in [2.75, 3.05) is 5.75 Å². The van der Waals surface area contributed by atoms with Crippen molar-refractivity contribution in [3.8, 4) is 0 Å². The normalized spacial score (nSPS) is 17.7. The minimum absolute atomic E-state index is 0.0611. The van der Waals surface area contributed by atoms with Crippen molar-refractivity contribution in [3.05, 3.63) is 41.6 Å². The van der Waals surface area contributed by atoms with E-state index in [0.29, 0.717) is 11.3 Å². The Balaban J connectivity index is 2.25. The van der Waals surface area contributed by atoms with Crippen molar-refractivity contribution in [3.63, 3.8) is 0 Å². The van der Waals surface area contributed by atoms with Gasteiger partial charge in [0.1, 0.15) is 0 Å². The molecule has 0 radical (unpaired) electrons. The van der Waals surface area contributed by atoms with Crippen LogP contribution in [0.1, 0.15) is 31.0 Å². The van der Waals surface area contributed by atoms with Gasteiger partial charge in [-0.3, -0.25) is 9.59 Å². The first-order valence-electron chi connectivity index (χ1n) is 6.87. The molecule has 1 N–H and O–H groups in total. The van der Waals surface area contributed by atoms with Crippen LogP contribution in [0.5, 0.6) is 0 Å². The van der Waals surface area contributed by atoms with Crippen LogP contribution in [0.4, 0.5) is 0 Å². The maximum Gasteiger partial charge on any atom is 0.331 e. The molecule has 0 saturated carbocycles. The molecule has 1 heterocycles. The largest absolute Gasteiger partial charge is 0.479 e. The number of rotatable bonds is 4. The van der Waals surface area contributed by atoms with Crippen LogP contribution in [0.25, 0.3) is 6.08 Å². The molecule has 1 amide bonds. The number of hydrogen-bond acceptors (Lipinski definition) is 4. The second-order valence-corrected chi connectivity index (χ2v) is 6.33. The van der Waals surface area contributed by atoms with Gasteiger partial charge in [-0.15, -0.1) is 0 Å². The van der Waals surface area contributed by atoms with Crippen LogP contribution in [-0.2, 0) is 14.4 Å². The Kier molecular flexibility index (Phi) is 5.03. The van der Waals surface area contributed by atoms with E-state index in [4.69, 9.17) is 0 Å². The number of thioether (sulfide) groups is 1. The number of hydrogen-bond donors (Lipinski definition) is 1. The molecule has 2 unspecified atom stereocenters. The molecule has 1 aliphatic rings. The SMILES string of the molecule is CC(=O)SCC(C)C(=O)N1C=Cc2ccccc2C1C(=O)O. The number of carboxylic acids is 1. The average molecular weight is 319 g/mol. The van der Waals surface area contributed by atoms with Gasteiger partial charge in [-0.1, -0.05) is 43.0 Å². The molecule has 116 valence electrons. The lowest BCUT2D eigenvalue weighted by Gasteiger charge is -2.32. The van der Waals surface area contributed by atoms with E-state index in [1.807, 2.05) is 12.1 Å². The van der Waals surface area contributed by atoms with E-state index in [9.17, 15) is 19.5 Å². The molecule has 1 aromatic rings. The Morgan fingerprint density at radius 3 is 2.64 bits per heavy atom. The summed E-state index contributed by atoms with van der Waals surface area (Å²) in [4.78, 5) is 36.4. The fourth-order valence-corrected chi connectivity index (χ4v) is 2.96. The van der Waals surface area contributed by atoms with Crippen molar-refractivity contribution >= 4 is 34.8 Å². The molecule has 0 bridgehead atoms. The van der Waals surface area contributed by atoms with E-state index < -0.39 is 17.9 Å². The van der Waals surface area contributed by atoms with Gasteiger partial charge in [0.05, 0.1) is 0 Å². The van der Waals surface area contributed by atoms with Crippen LogP contribution in [0.15, 0.2) is 30.5 Å². The third-order valence-electron chi connectivity index (χ3n) is 3.43. The predicted molar refractivity (Wildman–Crippen MR) is 85.0 cm³/mol. The third kappa shape index (κ3) is 3.39. The summed E-state index contributed by atoms with van der Waals surface area (Å²) < 4.78 is 0. The Labute approximate surface area is 133 Å². The van der Waals surface area contributed by atoms with Crippen molar-refractivity contribution < 1.29 is 19.5 Å². The highest BCUT2D eigenvalue weighted by Crippen LogP contribution is 2.32. The number of carbonyl (C=O) groups is 3. The van der Waals surface area contributed by atoms with Gasteiger partial charge >= 0.3 is 5.97 Å². The number of carboxylic acid groups (broad SMARTS) is 1. The number of benzene rings is 1. The highest BCUT2D eigenvalue weighted by atomic mass is 32.2. The summed E-state index contributed by atoms with van der Waals surface area (Å²) in [5.41, 5.74) is 1.39. The zero-order valence-electron chi connectivity index (χ0n) is 12.4. The van der Waals surface area contributed by atoms with Crippen LogP contribution in [0.3, 0.4) is 0 Å². The molecule has 1 aliphatic heterocycles. The summed E-state index contributed by atoms with van der Waals surface area (Å²) in [5, 5.41) is 9.46. The van der Waals surface area contributed by atoms with Gasteiger partial charge in [-0.2, -0.15) is 0 Å². The summed E-state index contributed by atoms with van der Waals surface area (Å²) in [7, 11) is 0. The molecule has 0 aliphatic carbocycles. The quantitative estimate of drug-likeness (QED) is 0.923. The van der Waals surface area contributed by atoms with E-state index >= 15 is 0 Å². The summed E-state index contributed by atoms with van der Waals surface area (Å²) in [6.07, 6.45) is 3.25. The Morgan fingerprint density at radius 2 is 2.00 bits per heavy atom. The second kappa shape index (κ2) is 6.79. The van der Waals surface area contributed by atoms with E-state index in [0.717, 1.165) is 17.3 Å². The van der Waals surface area contributed by atoms with Crippen LogP contribution in [0, 0.1) is 5.92 Å². The van der Waals surface area contributed by atoms with Crippen molar-refractivity contribution in [2.24, 2.45) is 5.92 Å². The van der Waals surface area contributed by atoms with E-state index in [-0.39, 0.29) is 11.0 Å². The molecular formula is C16H17NO4S. The Morgan fingerprint density at radius 1 is 1.32 bits per heavy atom. The fourth-order valence-electron chi connectivity index (χ4n) is 2.33. The number of aliphatic carboxylic acids is 1. The van der Waals surface area contributed by atoms with Gasteiger partial charge in [-0.25, -0.2) is 4.79 Å². The Bertz CT molecular complexity index is 641. The molecule has 6 heteroatoms. The first-order valence-corrected chi connectivity index (χ1v) is 7.86. The molecule has 0 fully saturated rings. The number of amides is 1. The van der Waals surface area contributed by atoms with Gasteiger partial charge in [-0.05, 0) is 17.2 Å². The van der Waals surface area contributed by atoms with Gasteiger partial charge in [0.25, 0.3) is 0 Å². The topological polar surface area (TPSA) is 74.7 Å². The smallest absolute Gasteiger partial charge is 0.331 e. The van der Waals surface area contributed by atoms with E-state index in [2.05, 4.69) is 0 Å². The highest BCUT2D eigenvalue weighted by Gasteiger charge is 2.35. The third-order valence-corrected chi connectivity index (χ3v) is 4.50. The molecule has 5 nitrogen and oxygen atoms in total. The second-order valence-electron chi connectivity index (χ2n) is 5.13. The standard InChI is InChI=1S/C16H17NO4S/c1-10(9-22-11(2)18)15(19)17-8-7-12-5-3-4-6-13(12)14(17)16(20)21/h3-8,10,14H,9H2,1-2H3,(H,20,21).